The molecule has 0 spiro atoms. The van der Waals surface area contributed by atoms with Crippen molar-refractivity contribution in [3.8, 4) is 0 Å². The number of amides is 1. The molecule has 2 aromatic heterocycles. The number of carbonyl (C=O) groups is 1. The highest BCUT2D eigenvalue weighted by molar-refractivity contribution is 7.18. The Kier molecular flexibility index (Phi) is 4.03. The average molecular weight is 342 g/mol. The molecule has 1 fully saturated rings. The number of nitrogens with zero attached hydrogens (tertiary/aromatic N) is 4. The van der Waals surface area contributed by atoms with Crippen molar-refractivity contribution in [1.82, 2.24) is 19.9 Å². The van der Waals surface area contributed by atoms with E-state index in [-0.39, 0.29) is 5.91 Å². The molecule has 0 unspecified atom stereocenters. The lowest BCUT2D eigenvalue weighted by atomic mass is 10.2. The van der Waals surface area contributed by atoms with Gasteiger partial charge in [0, 0.05) is 32.2 Å². The molecule has 0 N–H and O–H groups in total. The van der Waals surface area contributed by atoms with Gasteiger partial charge in [-0.15, -0.1) is 11.3 Å². The number of hydrogen-bond donors (Lipinski definition) is 0. The summed E-state index contributed by atoms with van der Waals surface area (Å²) in [6.07, 6.45) is 0. The fourth-order valence-corrected chi connectivity index (χ4v) is 3.92. The van der Waals surface area contributed by atoms with Crippen LogP contribution in [0.2, 0.25) is 0 Å². The van der Waals surface area contributed by atoms with E-state index < -0.39 is 0 Å². The SMILES string of the molecule is Cc1cc(C(=O)N2CCN(Cc3nc4ccccc4s3)CC2)on1. The van der Waals surface area contributed by atoms with Crippen LogP contribution in [0.1, 0.15) is 21.3 Å². The maximum Gasteiger partial charge on any atom is 0.292 e. The van der Waals surface area contributed by atoms with Gasteiger partial charge in [-0.05, 0) is 19.1 Å². The number of hydrogen-bond acceptors (Lipinski definition) is 6. The van der Waals surface area contributed by atoms with E-state index in [2.05, 4.69) is 21.1 Å². The topological polar surface area (TPSA) is 62.5 Å². The maximum absolute atomic E-state index is 12.4. The van der Waals surface area contributed by atoms with Crippen LogP contribution < -0.4 is 0 Å². The summed E-state index contributed by atoms with van der Waals surface area (Å²) in [5.41, 5.74) is 1.79. The molecule has 1 saturated heterocycles. The highest BCUT2D eigenvalue weighted by Crippen LogP contribution is 2.23. The van der Waals surface area contributed by atoms with Gasteiger partial charge in [-0.1, -0.05) is 17.3 Å². The summed E-state index contributed by atoms with van der Waals surface area (Å²) in [6.45, 7) is 5.73. The van der Waals surface area contributed by atoms with Gasteiger partial charge in [0.15, 0.2) is 0 Å². The third-order valence-electron chi connectivity index (χ3n) is 4.20. The molecule has 24 heavy (non-hydrogen) atoms. The Morgan fingerprint density at radius 2 is 2.04 bits per heavy atom. The van der Waals surface area contributed by atoms with E-state index in [0.29, 0.717) is 18.8 Å². The standard InChI is InChI=1S/C17H18N4O2S/c1-12-10-14(23-19-12)17(22)21-8-6-20(7-9-21)11-16-18-13-4-2-3-5-15(13)24-16/h2-5,10H,6-9,11H2,1H3. The molecule has 1 amide bonds. The lowest BCUT2D eigenvalue weighted by Gasteiger charge is -2.33. The summed E-state index contributed by atoms with van der Waals surface area (Å²) < 4.78 is 6.30. The molecule has 0 aliphatic carbocycles. The van der Waals surface area contributed by atoms with Crippen molar-refractivity contribution in [3.63, 3.8) is 0 Å². The lowest BCUT2D eigenvalue weighted by Crippen LogP contribution is -2.48. The third kappa shape index (κ3) is 3.05. The van der Waals surface area contributed by atoms with E-state index in [1.54, 1.807) is 17.4 Å². The van der Waals surface area contributed by atoms with Crippen molar-refractivity contribution >= 4 is 27.5 Å². The molecule has 0 bridgehead atoms. The Hall–Kier alpha value is -2.25. The molecule has 0 radical (unpaired) electrons. The smallest absolute Gasteiger partial charge is 0.292 e. The number of aryl methyl sites for hydroxylation is 1. The molecule has 1 aromatic carbocycles. The van der Waals surface area contributed by atoms with E-state index >= 15 is 0 Å². The number of thiazole rings is 1. The van der Waals surface area contributed by atoms with Crippen molar-refractivity contribution in [1.29, 1.82) is 0 Å². The number of piperazine rings is 1. The summed E-state index contributed by atoms with van der Waals surface area (Å²) in [6, 6.07) is 9.90. The van der Waals surface area contributed by atoms with Crippen LogP contribution in [0.5, 0.6) is 0 Å². The fourth-order valence-electron chi connectivity index (χ4n) is 2.91. The normalized spacial score (nSPS) is 16.0. The Morgan fingerprint density at radius 3 is 2.75 bits per heavy atom. The number of aromatic nitrogens is 2. The Balaban J connectivity index is 1.36. The molecule has 3 aromatic rings. The molecular weight excluding hydrogens is 324 g/mol. The van der Waals surface area contributed by atoms with Gasteiger partial charge in [-0.25, -0.2) is 4.98 Å². The maximum atomic E-state index is 12.4. The highest BCUT2D eigenvalue weighted by atomic mass is 32.1. The van der Waals surface area contributed by atoms with Crippen LogP contribution >= 0.6 is 11.3 Å². The first-order valence-electron chi connectivity index (χ1n) is 7.98. The van der Waals surface area contributed by atoms with Gasteiger partial charge < -0.3 is 9.42 Å². The number of carbonyl (C=O) groups excluding carboxylic acids is 1. The predicted molar refractivity (Wildman–Crippen MR) is 92.0 cm³/mol. The second kappa shape index (κ2) is 6.33. The first kappa shape index (κ1) is 15.3. The van der Waals surface area contributed by atoms with E-state index in [1.165, 1.54) is 4.70 Å². The average Bonchev–Trinajstić information content (AvgIpc) is 3.20. The van der Waals surface area contributed by atoms with Crippen molar-refractivity contribution in [3.05, 3.63) is 46.8 Å². The van der Waals surface area contributed by atoms with Gasteiger partial charge in [-0.3, -0.25) is 9.69 Å². The minimum absolute atomic E-state index is 0.0739. The minimum atomic E-state index is -0.0739. The quantitative estimate of drug-likeness (QED) is 0.732. The molecule has 4 rings (SSSR count). The molecule has 0 saturated carbocycles. The largest absolute Gasteiger partial charge is 0.351 e. The summed E-state index contributed by atoms with van der Waals surface area (Å²) in [4.78, 5) is 21.2. The van der Waals surface area contributed by atoms with E-state index in [0.717, 1.165) is 35.9 Å². The summed E-state index contributed by atoms with van der Waals surface area (Å²) in [7, 11) is 0. The molecule has 0 atom stereocenters. The fraction of sp³-hybridized carbons (Fsp3) is 0.353. The Labute approximate surface area is 143 Å². The van der Waals surface area contributed by atoms with Gasteiger partial charge in [0.1, 0.15) is 5.01 Å². The van der Waals surface area contributed by atoms with Crippen molar-refractivity contribution in [2.75, 3.05) is 26.2 Å². The van der Waals surface area contributed by atoms with Crippen LogP contribution in [0.25, 0.3) is 10.2 Å². The minimum Gasteiger partial charge on any atom is -0.351 e. The monoisotopic (exact) mass is 342 g/mol. The summed E-state index contributed by atoms with van der Waals surface area (Å²) in [5.74, 6) is 0.252. The summed E-state index contributed by atoms with van der Waals surface area (Å²) >= 11 is 1.74. The lowest BCUT2D eigenvalue weighted by molar-refractivity contribution is 0.0588. The zero-order valence-electron chi connectivity index (χ0n) is 13.4. The van der Waals surface area contributed by atoms with Crippen LogP contribution in [0, 0.1) is 6.92 Å². The number of benzene rings is 1. The molecule has 124 valence electrons. The van der Waals surface area contributed by atoms with Crippen molar-refractivity contribution in [2.45, 2.75) is 13.5 Å². The van der Waals surface area contributed by atoms with Crippen molar-refractivity contribution in [2.24, 2.45) is 0 Å². The second-order valence-corrected chi connectivity index (χ2v) is 7.09. The van der Waals surface area contributed by atoms with Gasteiger partial charge in [0.05, 0.1) is 22.5 Å². The molecule has 6 nitrogen and oxygen atoms in total. The predicted octanol–water partition coefficient (Wildman–Crippen LogP) is 2.55. The molecule has 7 heteroatoms. The van der Waals surface area contributed by atoms with E-state index in [1.807, 2.05) is 30.0 Å². The first-order chi connectivity index (χ1) is 11.7. The molecular formula is C17H18N4O2S. The van der Waals surface area contributed by atoms with Gasteiger partial charge in [-0.2, -0.15) is 0 Å². The van der Waals surface area contributed by atoms with Gasteiger partial charge in [0.2, 0.25) is 5.76 Å². The van der Waals surface area contributed by atoms with Crippen LogP contribution in [0.3, 0.4) is 0 Å². The number of fused-ring (bicyclic) bond motifs is 1. The number of rotatable bonds is 3. The van der Waals surface area contributed by atoms with Crippen LogP contribution in [0.15, 0.2) is 34.9 Å². The Morgan fingerprint density at radius 1 is 1.25 bits per heavy atom. The van der Waals surface area contributed by atoms with Crippen molar-refractivity contribution < 1.29 is 9.32 Å². The van der Waals surface area contributed by atoms with E-state index in [9.17, 15) is 4.79 Å². The molecule has 1 aliphatic rings. The van der Waals surface area contributed by atoms with Crippen LogP contribution in [-0.4, -0.2) is 52.0 Å². The third-order valence-corrected chi connectivity index (χ3v) is 5.22. The molecule has 1 aliphatic heterocycles. The summed E-state index contributed by atoms with van der Waals surface area (Å²) in [5, 5.41) is 4.91. The van der Waals surface area contributed by atoms with E-state index in [4.69, 9.17) is 4.52 Å². The van der Waals surface area contributed by atoms with Crippen LogP contribution in [-0.2, 0) is 6.54 Å². The second-order valence-electron chi connectivity index (χ2n) is 5.98. The molecule has 3 heterocycles. The Bertz CT molecular complexity index is 831. The van der Waals surface area contributed by atoms with Gasteiger partial charge >= 0.3 is 0 Å². The zero-order chi connectivity index (χ0) is 16.5. The van der Waals surface area contributed by atoms with Gasteiger partial charge in [0.25, 0.3) is 5.91 Å². The zero-order valence-corrected chi connectivity index (χ0v) is 14.3. The highest BCUT2D eigenvalue weighted by Gasteiger charge is 2.25. The number of para-hydroxylation sites is 1. The first-order valence-corrected chi connectivity index (χ1v) is 8.80. The van der Waals surface area contributed by atoms with Crippen LogP contribution in [0.4, 0.5) is 0 Å².